The van der Waals surface area contributed by atoms with Crippen molar-refractivity contribution < 1.29 is 42.9 Å². The number of carbonyl (C=O) groups is 3. The van der Waals surface area contributed by atoms with Gasteiger partial charge in [0.2, 0.25) is 0 Å². The van der Waals surface area contributed by atoms with E-state index in [1.54, 1.807) is 0 Å². The van der Waals surface area contributed by atoms with Gasteiger partial charge in [-0.25, -0.2) is 0 Å². The van der Waals surface area contributed by atoms with E-state index < -0.39 is 24.3 Å². The second kappa shape index (κ2) is 72.5. The highest BCUT2D eigenvalue weighted by Gasteiger charge is 2.22. The lowest BCUT2D eigenvalue weighted by Crippen LogP contribution is -2.44. The second-order valence-corrected chi connectivity index (χ2v) is 25.5. The van der Waals surface area contributed by atoms with E-state index >= 15 is 0 Å². The van der Waals surface area contributed by atoms with Gasteiger partial charge in [0.25, 0.3) is 0 Å². The van der Waals surface area contributed by atoms with Gasteiger partial charge in [-0.1, -0.05) is 312 Å². The molecule has 0 aliphatic rings. The summed E-state index contributed by atoms with van der Waals surface area (Å²) >= 11 is 0. The molecule has 0 aromatic heterocycles. The number of carbonyl (C=O) groups excluding carboxylic acids is 3. The van der Waals surface area contributed by atoms with Crippen LogP contribution in [0.1, 0.15) is 284 Å². The van der Waals surface area contributed by atoms with E-state index in [1.807, 2.05) is 21.1 Å². The van der Waals surface area contributed by atoms with Gasteiger partial charge in [0.15, 0.2) is 12.4 Å². The summed E-state index contributed by atoms with van der Waals surface area (Å²) in [6.45, 7) is 4.51. The van der Waals surface area contributed by atoms with Crippen LogP contribution in [0.3, 0.4) is 0 Å². The summed E-state index contributed by atoms with van der Waals surface area (Å²) in [5.41, 5.74) is 0. The van der Waals surface area contributed by atoms with Crippen molar-refractivity contribution in [2.24, 2.45) is 0 Å². The molecule has 2 atom stereocenters. The molecule has 0 amide bonds. The average molecular weight is 1290 g/mol. The van der Waals surface area contributed by atoms with Gasteiger partial charge < -0.3 is 33.3 Å². The lowest BCUT2D eigenvalue weighted by Gasteiger charge is -2.26. The molecule has 0 aromatic carbocycles. The number of ether oxygens (including phenoxy) is 4. The highest BCUT2D eigenvalue weighted by atomic mass is 16.7. The number of unbranched alkanes of at least 4 members (excludes halogenated alkanes) is 24. The van der Waals surface area contributed by atoms with Crippen LogP contribution in [0, 0.1) is 0 Å². The summed E-state index contributed by atoms with van der Waals surface area (Å²) < 4.78 is 22.8. The maximum absolute atomic E-state index is 13.0. The van der Waals surface area contributed by atoms with E-state index in [0.717, 1.165) is 141 Å². The van der Waals surface area contributed by atoms with E-state index in [-0.39, 0.29) is 38.6 Å². The third-order valence-corrected chi connectivity index (χ3v) is 15.5. The molecule has 0 aliphatic heterocycles. The molecule has 2 unspecified atom stereocenters. The number of hydrogen-bond acceptors (Lipinski definition) is 8. The Labute approximate surface area is 571 Å². The summed E-state index contributed by atoms with van der Waals surface area (Å²) in [5, 5.41) is 11.8. The van der Waals surface area contributed by atoms with Crippen molar-refractivity contribution in [3.63, 3.8) is 0 Å². The van der Waals surface area contributed by atoms with Crippen molar-refractivity contribution in [1.29, 1.82) is 0 Å². The smallest absolute Gasteiger partial charge is 0.306 e. The number of rotatable bonds is 67. The number of likely N-dealkylation sites (N-methyl/N-ethyl adjacent to an activating group) is 1. The quantitative estimate of drug-likeness (QED) is 0.0195. The lowest BCUT2D eigenvalue weighted by molar-refractivity contribution is -0.870. The van der Waals surface area contributed by atoms with Crippen LogP contribution < -0.4 is 5.11 Å². The highest BCUT2D eigenvalue weighted by molar-refractivity contribution is 5.70. The summed E-state index contributed by atoms with van der Waals surface area (Å²) in [7, 11) is 5.92. The fourth-order valence-electron chi connectivity index (χ4n) is 9.85. The minimum absolute atomic E-state index is 0.139. The molecule has 9 nitrogen and oxygen atoms in total. The fourth-order valence-corrected chi connectivity index (χ4v) is 9.85. The standard InChI is InChI=1S/C84H137NO8/c1-6-8-10-12-14-16-18-20-22-24-26-28-30-32-34-35-36-37-38-39-40-41-42-43-44-45-46-47-49-51-53-55-57-59-61-63-65-67-69-71-73-75-82(87)93-80(79-92-84(83(88)89)90-77-76-85(3,4)5)78-91-81(86)74-72-70-68-66-64-62-60-58-56-54-52-50-48-33-31-29-27-25-23-21-19-17-15-13-11-9-7-2/h8-11,14-17,20-23,26-29,32-34,36-37,39-40,42-43,48,52,54,80,84H,6-7,12-13,18-19,24-25,30-31,35,38,41,44-47,49-51,53,55-79H2,1-5H3/b10-8-,11-9-,16-14-,17-15-,22-20-,23-21-,28-26-,29-27-,34-32-,37-36-,40-39-,43-42-,48-33-,54-52-. The number of hydrogen-bond donors (Lipinski definition) is 0. The van der Waals surface area contributed by atoms with Crippen molar-refractivity contribution in [2.75, 3.05) is 47.5 Å². The van der Waals surface area contributed by atoms with Gasteiger partial charge >= 0.3 is 11.9 Å². The number of carboxylic acids is 1. The predicted octanol–water partition coefficient (Wildman–Crippen LogP) is 22.5. The Morgan fingerprint density at radius 3 is 0.860 bits per heavy atom. The first-order valence-corrected chi connectivity index (χ1v) is 37.3. The van der Waals surface area contributed by atoms with Gasteiger partial charge in [0.1, 0.15) is 13.2 Å². The minimum atomic E-state index is -1.63. The summed E-state index contributed by atoms with van der Waals surface area (Å²) in [5.74, 6) is -2.30. The number of aliphatic carboxylic acids is 1. The summed E-state index contributed by atoms with van der Waals surface area (Å²) in [6, 6.07) is 0. The van der Waals surface area contributed by atoms with Crippen LogP contribution in [0.25, 0.3) is 0 Å². The van der Waals surface area contributed by atoms with Gasteiger partial charge in [-0.3, -0.25) is 9.59 Å². The molecule has 0 spiro atoms. The molecule has 0 saturated carbocycles. The Morgan fingerprint density at radius 2 is 0.581 bits per heavy atom. The molecule has 93 heavy (non-hydrogen) atoms. The minimum Gasteiger partial charge on any atom is -0.545 e. The molecule has 526 valence electrons. The predicted molar refractivity (Wildman–Crippen MR) is 398 cm³/mol. The van der Waals surface area contributed by atoms with E-state index in [1.165, 1.54) is 109 Å². The zero-order valence-electron chi connectivity index (χ0n) is 60.1. The van der Waals surface area contributed by atoms with E-state index in [9.17, 15) is 19.5 Å². The van der Waals surface area contributed by atoms with Crippen molar-refractivity contribution in [2.45, 2.75) is 296 Å². The topological polar surface area (TPSA) is 111 Å². The van der Waals surface area contributed by atoms with Crippen LogP contribution >= 0.6 is 0 Å². The van der Waals surface area contributed by atoms with Crippen LogP contribution in [0.5, 0.6) is 0 Å². The van der Waals surface area contributed by atoms with E-state index in [0.29, 0.717) is 17.4 Å². The fraction of sp³-hybridized carbons (Fsp3) is 0.631. The average Bonchev–Trinajstić information content (AvgIpc) is 3.38. The molecule has 0 N–H and O–H groups in total. The monoisotopic (exact) mass is 1290 g/mol. The van der Waals surface area contributed by atoms with E-state index in [4.69, 9.17) is 18.9 Å². The Kier molecular flexibility index (Phi) is 68.3. The molecule has 9 heteroatoms. The molecule has 0 radical (unpaired) electrons. The number of esters is 2. The molecule has 0 saturated heterocycles. The number of quaternary nitrogens is 1. The Bertz CT molecular complexity index is 2140. The number of allylic oxidation sites excluding steroid dienone is 28. The summed E-state index contributed by atoms with van der Waals surface area (Å²) in [4.78, 5) is 37.5. The third kappa shape index (κ3) is 73.9. The molecule has 0 bridgehead atoms. The second-order valence-electron chi connectivity index (χ2n) is 25.5. The summed E-state index contributed by atoms with van der Waals surface area (Å²) in [6.07, 6.45) is 106. The first-order chi connectivity index (χ1) is 45.6. The zero-order valence-corrected chi connectivity index (χ0v) is 60.1. The Balaban J connectivity index is 4.11. The maximum atomic E-state index is 13.0. The number of carboxylic acid groups (broad SMARTS) is 1. The number of nitrogens with zero attached hydrogens (tertiary/aromatic N) is 1. The molecule has 0 rings (SSSR count). The van der Waals surface area contributed by atoms with Crippen LogP contribution in [-0.4, -0.2) is 82.3 Å². The Morgan fingerprint density at radius 1 is 0.323 bits per heavy atom. The van der Waals surface area contributed by atoms with Crippen LogP contribution in [0.4, 0.5) is 0 Å². The molecular formula is C84H137NO8. The Hall–Kier alpha value is -5.35. The van der Waals surface area contributed by atoms with Gasteiger partial charge in [-0.15, -0.1) is 0 Å². The van der Waals surface area contributed by atoms with Crippen molar-refractivity contribution >= 4 is 17.9 Å². The first kappa shape index (κ1) is 87.7. The normalized spacial score (nSPS) is 13.7. The lowest BCUT2D eigenvalue weighted by atomic mass is 10.0. The van der Waals surface area contributed by atoms with Crippen LogP contribution in [-0.2, 0) is 33.3 Å². The molecule has 0 aromatic rings. The maximum Gasteiger partial charge on any atom is 0.306 e. The van der Waals surface area contributed by atoms with Crippen molar-refractivity contribution in [3.05, 3.63) is 170 Å². The van der Waals surface area contributed by atoms with Gasteiger partial charge in [0.05, 0.1) is 40.3 Å². The van der Waals surface area contributed by atoms with Gasteiger partial charge in [-0.05, 0) is 128 Å². The highest BCUT2D eigenvalue weighted by Crippen LogP contribution is 2.17. The van der Waals surface area contributed by atoms with Crippen LogP contribution in [0.15, 0.2) is 170 Å². The molecular weight excluding hydrogens is 1150 g/mol. The van der Waals surface area contributed by atoms with Crippen LogP contribution in [0.2, 0.25) is 0 Å². The van der Waals surface area contributed by atoms with Crippen molar-refractivity contribution in [1.82, 2.24) is 0 Å². The molecule has 0 fully saturated rings. The van der Waals surface area contributed by atoms with E-state index in [2.05, 4.69) is 184 Å². The molecule has 0 aliphatic carbocycles. The largest absolute Gasteiger partial charge is 0.545 e. The van der Waals surface area contributed by atoms with Gasteiger partial charge in [-0.2, -0.15) is 0 Å². The van der Waals surface area contributed by atoms with Gasteiger partial charge in [0, 0.05) is 12.8 Å². The molecule has 0 heterocycles. The SMILES string of the molecule is CC/C=C\C/C=C\C/C=C\C/C=C\C/C=C\C/C=C\C/C=C\C/C=C\CCCCCCCCCCCCCCCCCCC(=O)OC(COC(=O)CCCCCCCCCC/C=C\C/C=C\C/C=C\C/C=C\C/C=C\C/C=C\CC)COC(OCC[N+](C)(C)C)C(=O)[O-]. The first-order valence-electron chi connectivity index (χ1n) is 37.3. The zero-order chi connectivity index (χ0) is 67.5. The van der Waals surface area contributed by atoms with Crippen molar-refractivity contribution in [3.8, 4) is 0 Å². The third-order valence-electron chi connectivity index (χ3n) is 15.5.